The van der Waals surface area contributed by atoms with Crippen molar-refractivity contribution in [2.45, 2.75) is 168 Å². The molecule has 7 aromatic carbocycles. The number of nitrogens with zero attached hydrogens (tertiary/aromatic N) is 14. The summed E-state index contributed by atoms with van der Waals surface area (Å²) >= 11 is 3.06. The molecule has 0 aliphatic heterocycles. The number of benzene rings is 7. The summed E-state index contributed by atoms with van der Waals surface area (Å²) < 4.78 is 125. The van der Waals surface area contributed by atoms with Gasteiger partial charge in [-0.25, -0.2) is 104 Å². The van der Waals surface area contributed by atoms with Crippen molar-refractivity contribution in [3.8, 4) is 91.1 Å². The summed E-state index contributed by atoms with van der Waals surface area (Å²) in [7, 11) is -12.3. The number of nitrogen functional groups attached to an aromatic ring is 6. The molecule has 44 nitrogen and oxygen atoms in total. The highest BCUT2D eigenvalue weighted by molar-refractivity contribution is 9.10. The van der Waals surface area contributed by atoms with Crippen LogP contribution in [0.1, 0.15) is 155 Å². The van der Waals surface area contributed by atoms with E-state index in [0.717, 1.165) is 22.3 Å². The number of anilines is 5. The number of esters is 1. The summed E-state index contributed by atoms with van der Waals surface area (Å²) in [6, 6.07) is 46.4. The van der Waals surface area contributed by atoms with E-state index in [1.54, 1.807) is 206 Å². The van der Waals surface area contributed by atoms with Gasteiger partial charge in [-0.2, -0.15) is 0 Å². The Labute approximate surface area is 849 Å². The van der Waals surface area contributed by atoms with E-state index in [0.29, 0.717) is 79.7 Å². The number of amides is 4. The number of hydrogen-bond acceptors (Lipinski definition) is 40. The van der Waals surface area contributed by atoms with Crippen molar-refractivity contribution >= 4 is 120 Å². The van der Waals surface area contributed by atoms with Crippen LogP contribution in [-0.2, 0) is 73.2 Å². The van der Waals surface area contributed by atoms with Crippen LogP contribution in [0.15, 0.2) is 234 Å². The van der Waals surface area contributed by atoms with Crippen molar-refractivity contribution in [2.75, 3.05) is 42.3 Å². The van der Waals surface area contributed by atoms with Crippen LogP contribution in [0.2, 0.25) is 0 Å². The molecular weight excluding hydrogens is 2030 g/mol. The molecule has 7 aromatic heterocycles. The molecule has 146 heavy (non-hydrogen) atoms. The molecule has 49 heteroatoms. The maximum Gasteiger partial charge on any atom is 0.407 e. The van der Waals surface area contributed by atoms with Gasteiger partial charge >= 0.3 is 18.2 Å². The average Bonchev–Trinajstić information content (AvgIpc) is 1.63. The van der Waals surface area contributed by atoms with Gasteiger partial charge in [-0.1, -0.05) is 97.1 Å². The van der Waals surface area contributed by atoms with Gasteiger partial charge in [-0.15, -0.1) is 20.4 Å². The number of Topliss-reactive ketones (excluding diaryl/α,β-unsaturated/α-hetero) is 1. The van der Waals surface area contributed by atoms with Gasteiger partial charge in [0.15, 0.2) is 103 Å². The molecule has 0 saturated carbocycles. The lowest BCUT2D eigenvalue weighted by Gasteiger charge is -2.19. The number of halogens is 1. The predicted octanol–water partition coefficient (Wildman–Crippen LogP) is 12.4. The molecule has 7 heterocycles. The largest absolute Gasteiger partial charge is 0.464 e. The number of ketones is 1. The van der Waals surface area contributed by atoms with E-state index >= 15 is 0 Å². The van der Waals surface area contributed by atoms with Crippen molar-refractivity contribution in [2.24, 2.45) is 11.6 Å². The second-order valence-corrected chi connectivity index (χ2v) is 45.6. The molecule has 14 aromatic rings. The summed E-state index contributed by atoms with van der Waals surface area (Å²) in [5.41, 5.74) is 44.0. The lowest BCUT2D eigenvalue weighted by Crippen LogP contribution is -2.32. The zero-order valence-electron chi connectivity index (χ0n) is 81.8. The fraction of sp³-hybridized carbons (Fsp3) is 0.258. The Kier molecular flexibility index (Phi) is 37.1. The van der Waals surface area contributed by atoms with Crippen molar-refractivity contribution in [1.29, 1.82) is 0 Å². The van der Waals surface area contributed by atoms with Gasteiger partial charge in [-0.3, -0.25) is 19.8 Å². The number of carbonyl (C=O) groups is 6. The number of hydrazine groups is 1. The standard InChI is InChI=1S/C28H33N5O6S.C27H30N6O5S.C22H22N6O3S.C14H17N5O3S.C6H6BrN3O2/c1-17(2)40(37,38)21-12-10-19(11-13-21)22-15-30-25(29)24(33-22)26(35)31-16-23(34)20-8-6-18(7-9-20)14-32-27(36)39-28(3,4)5;1-16(2)39(35,36)20-12-10-18(11-13-20)21-15-29-23(28)22(31-21)25-33-32-24(37-25)19-8-6-17(7-9-19)14-30-26(34)38-27(3,4)5;1-13(2)32(29,30)17-9-7-15(8-10-17)18-12-25-20(24)19(26-18)22-28-27-21(31-22)16-5-3-14(11-23)4-6-16;1-8(2)23(21,22)10-5-3-9(4-6-10)11-7-17-13(15)12(18-11)14(20)19-16;1-12-6(11)4-5(8)9-2-3(7)10-4/h6-13,15,17H,14,16H2,1-5H3,(H2,29,30)(H,31,35)(H,32,36);6-13,15-16H,14H2,1-5H3,(H2,28,29)(H,30,34);3-10,12-13H,11,23H2,1-2H3,(H2,24,25);3-8H,16H2,1-2H3,(H2,15,17)(H,19,20);2H,1H3,(H2,8,9). The van der Waals surface area contributed by atoms with E-state index < -0.39 is 102 Å². The van der Waals surface area contributed by atoms with E-state index in [1.165, 1.54) is 62.4 Å². The monoisotopic (exact) mass is 2130 g/mol. The molecule has 0 aliphatic rings. The fourth-order valence-corrected chi connectivity index (χ4v) is 16.9. The number of ether oxygens (including phenoxy) is 3. The number of aromatic nitrogens is 14. The van der Waals surface area contributed by atoms with Crippen LogP contribution in [0, 0.1) is 0 Å². The number of carbonyl (C=O) groups excluding carboxylic acids is 6. The Bertz CT molecular complexity index is 7530. The highest BCUT2D eigenvalue weighted by atomic mass is 79.9. The van der Waals surface area contributed by atoms with Gasteiger partial charge in [0, 0.05) is 58.6 Å². The lowest BCUT2D eigenvalue weighted by molar-refractivity contribution is 0.0512. The SMILES string of the molecule is CC(C)S(=O)(=O)c1ccc(-c2cnc(N)c(-c3nnc(-c4ccc(CN)cc4)o3)n2)cc1.CC(C)S(=O)(=O)c1ccc(-c2cnc(N)c(-c3nnc(-c4ccc(CNC(=O)OC(C)(C)C)cc4)o3)n2)cc1.CC(C)S(=O)(=O)c1ccc(-c2cnc(N)c(C(=O)NCC(=O)c3ccc(CNC(=O)OC(C)(C)C)cc3)n2)cc1.CC(C)S(=O)(=O)c1ccc(-c2cnc(N)c(C(=O)NN)n2)cc1.COC(=O)c1nc(Br)cnc1N. The molecule has 0 aliphatic carbocycles. The Balaban J connectivity index is 0.000000195. The maximum absolute atomic E-state index is 12.8. The Morgan fingerprint density at radius 3 is 0.986 bits per heavy atom. The third-order valence-corrected chi connectivity index (χ3v) is 29.6. The zero-order valence-corrected chi connectivity index (χ0v) is 86.6. The third-order valence-electron chi connectivity index (χ3n) is 20.6. The van der Waals surface area contributed by atoms with E-state index in [4.69, 9.17) is 58.6 Å². The number of sulfone groups is 4. The molecule has 0 unspecified atom stereocenters. The summed E-state index contributed by atoms with van der Waals surface area (Å²) in [5, 5.41) is 22.1. The molecule has 766 valence electrons. The highest BCUT2D eigenvalue weighted by Gasteiger charge is 2.29. The average molecular weight is 2140 g/mol. The Morgan fingerprint density at radius 1 is 0.370 bits per heavy atom. The van der Waals surface area contributed by atoms with E-state index in [2.05, 4.69) is 107 Å². The molecular formula is C97H108BrN25O19S4. The van der Waals surface area contributed by atoms with Gasteiger partial charge in [-0.05, 0) is 202 Å². The number of nitrogens with one attached hydrogen (secondary N) is 4. The number of rotatable bonds is 27. The second-order valence-electron chi connectivity index (χ2n) is 34.8. The van der Waals surface area contributed by atoms with E-state index in [-0.39, 0.29) is 114 Å². The molecule has 18 N–H and O–H groups in total. The lowest BCUT2D eigenvalue weighted by atomic mass is 10.1. The second kappa shape index (κ2) is 48.4. The molecule has 0 saturated heterocycles. The quantitative estimate of drug-likeness (QED) is 0.00569. The smallest absolute Gasteiger partial charge is 0.407 e. The Morgan fingerprint density at radius 2 is 0.664 bits per heavy atom. The molecule has 14 rings (SSSR count). The van der Waals surface area contributed by atoms with Crippen LogP contribution in [0.5, 0.6) is 0 Å². The maximum atomic E-state index is 12.8. The number of methoxy groups -OCH3 is 1. The van der Waals surface area contributed by atoms with Gasteiger partial charge in [0.2, 0.25) is 11.8 Å². The highest BCUT2D eigenvalue weighted by Crippen LogP contribution is 2.34. The van der Waals surface area contributed by atoms with E-state index in [9.17, 15) is 62.4 Å². The van der Waals surface area contributed by atoms with Crippen molar-refractivity contribution < 1.29 is 85.5 Å². The number of hydrogen-bond donors (Lipinski definition) is 11. The zero-order chi connectivity index (χ0) is 107. The first kappa shape index (κ1) is 112. The fourth-order valence-electron chi connectivity index (χ4n) is 12.4. The topological polar surface area (TPSA) is 704 Å². The predicted molar refractivity (Wildman–Crippen MR) is 549 cm³/mol. The summed E-state index contributed by atoms with van der Waals surface area (Å²) in [6.07, 6.45) is 6.14. The van der Waals surface area contributed by atoms with Crippen LogP contribution in [0.4, 0.5) is 38.7 Å². The first-order valence-corrected chi connectivity index (χ1v) is 51.3. The minimum atomic E-state index is -3.43. The summed E-state index contributed by atoms with van der Waals surface area (Å²) in [6.45, 7) is 24.4. The van der Waals surface area contributed by atoms with E-state index in [1.807, 2.05) is 41.8 Å². The van der Waals surface area contributed by atoms with Crippen molar-refractivity contribution in [1.82, 2.24) is 91.6 Å². The molecule has 0 atom stereocenters. The van der Waals surface area contributed by atoms with Gasteiger partial charge in [0.1, 0.15) is 15.8 Å². The van der Waals surface area contributed by atoms with Gasteiger partial charge < -0.3 is 73.4 Å². The van der Waals surface area contributed by atoms with Crippen LogP contribution in [0.25, 0.3) is 91.1 Å². The molecule has 0 fully saturated rings. The molecule has 0 spiro atoms. The number of nitrogens with two attached hydrogens (primary N) is 7. The van der Waals surface area contributed by atoms with Crippen LogP contribution < -0.4 is 61.6 Å². The normalized spacial score (nSPS) is 11.5. The van der Waals surface area contributed by atoms with Crippen LogP contribution in [0.3, 0.4) is 0 Å². The minimum Gasteiger partial charge on any atom is -0.464 e. The van der Waals surface area contributed by atoms with Gasteiger partial charge in [0.05, 0.1) is 108 Å². The van der Waals surface area contributed by atoms with Crippen molar-refractivity contribution in [3.63, 3.8) is 0 Å². The van der Waals surface area contributed by atoms with Gasteiger partial charge in [0.25, 0.3) is 23.6 Å². The molecule has 0 radical (unpaired) electrons. The first-order chi connectivity index (χ1) is 68.7. The molecule has 4 amide bonds. The minimum absolute atomic E-state index is 0.0203. The van der Waals surface area contributed by atoms with Crippen molar-refractivity contribution in [3.05, 3.63) is 245 Å². The number of alkyl carbamates (subject to hydrolysis) is 2. The third kappa shape index (κ3) is 29.6. The first-order valence-electron chi connectivity index (χ1n) is 44.4. The van der Waals surface area contributed by atoms with Crippen LogP contribution >= 0.6 is 15.9 Å². The van der Waals surface area contributed by atoms with Crippen LogP contribution in [-0.4, -0.2) is 186 Å². The molecule has 0 bridgehead atoms. The summed E-state index contributed by atoms with van der Waals surface area (Å²) in [4.78, 5) is 114. The summed E-state index contributed by atoms with van der Waals surface area (Å²) in [5.74, 6) is 3.73. The Hall–Kier alpha value is -16.0.